The monoisotopic (exact) mass is 293 g/mol. The summed E-state index contributed by atoms with van der Waals surface area (Å²) in [5.41, 5.74) is -0.120. The van der Waals surface area contributed by atoms with Crippen LogP contribution in [0.15, 0.2) is 18.2 Å². The molecular weight excluding hydrogens is 277 g/mol. The van der Waals surface area contributed by atoms with Gasteiger partial charge in [0.25, 0.3) is 5.91 Å². The van der Waals surface area contributed by atoms with E-state index >= 15 is 0 Å². The maximum absolute atomic E-state index is 13.9. The summed E-state index contributed by atoms with van der Waals surface area (Å²) in [6.45, 7) is 4.39. The molecule has 0 bridgehead atoms. The van der Waals surface area contributed by atoms with E-state index in [0.717, 1.165) is 4.70 Å². The van der Waals surface area contributed by atoms with Gasteiger partial charge in [-0.2, -0.15) is 0 Å². The van der Waals surface area contributed by atoms with Crippen molar-refractivity contribution in [1.82, 2.24) is 4.90 Å². The fourth-order valence-corrected chi connectivity index (χ4v) is 3.91. The molecule has 1 N–H and O–H groups in total. The highest BCUT2D eigenvalue weighted by molar-refractivity contribution is 7.21. The van der Waals surface area contributed by atoms with Crippen molar-refractivity contribution in [3.8, 4) is 0 Å². The highest BCUT2D eigenvalue weighted by atomic mass is 32.1. The van der Waals surface area contributed by atoms with Crippen LogP contribution < -0.4 is 0 Å². The Bertz CT molecular complexity index is 692. The first kappa shape index (κ1) is 13.5. The lowest BCUT2D eigenvalue weighted by molar-refractivity contribution is 0.0574. The molecule has 0 saturated carbocycles. The second-order valence-electron chi connectivity index (χ2n) is 5.64. The molecule has 1 aromatic carbocycles. The molecule has 0 spiro atoms. The molecule has 2 aromatic rings. The van der Waals surface area contributed by atoms with E-state index in [9.17, 15) is 14.3 Å². The number of amides is 1. The van der Waals surface area contributed by atoms with Crippen LogP contribution in [0.4, 0.5) is 4.39 Å². The number of benzene rings is 1. The smallest absolute Gasteiger partial charge is 0.264 e. The van der Waals surface area contributed by atoms with E-state index in [1.165, 1.54) is 17.4 Å². The minimum Gasteiger partial charge on any atom is -0.388 e. The van der Waals surface area contributed by atoms with Crippen LogP contribution in [0.2, 0.25) is 0 Å². The summed E-state index contributed by atoms with van der Waals surface area (Å²) in [4.78, 5) is 14.8. The first-order valence-electron chi connectivity index (χ1n) is 6.58. The van der Waals surface area contributed by atoms with Crippen molar-refractivity contribution in [3.05, 3.63) is 34.5 Å². The van der Waals surface area contributed by atoms with Crippen molar-refractivity contribution in [2.75, 3.05) is 13.1 Å². The number of hydrogen-bond acceptors (Lipinski definition) is 3. The van der Waals surface area contributed by atoms with Gasteiger partial charge in [-0.15, -0.1) is 11.3 Å². The number of likely N-dealkylation sites (tertiary alicyclic amines) is 1. The summed E-state index contributed by atoms with van der Waals surface area (Å²) in [5.74, 6) is -0.399. The van der Waals surface area contributed by atoms with E-state index in [-0.39, 0.29) is 11.7 Å². The third-order valence-corrected chi connectivity index (χ3v) is 5.08. The molecule has 20 heavy (non-hydrogen) atoms. The van der Waals surface area contributed by atoms with Gasteiger partial charge in [0.15, 0.2) is 0 Å². The Balaban J connectivity index is 2.01. The molecule has 3 rings (SSSR count). The molecule has 1 aromatic heterocycles. The normalized spacial score (nSPS) is 22.7. The number of halogens is 1. The van der Waals surface area contributed by atoms with Crippen molar-refractivity contribution in [1.29, 1.82) is 0 Å². The Morgan fingerprint density at radius 3 is 2.85 bits per heavy atom. The first-order chi connectivity index (χ1) is 9.39. The molecule has 1 unspecified atom stereocenters. The molecule has 0 aliphatic carbocycles. The summed E-state index contributed by atoms with van der Waals surface area (Å²) < 4.78 is 14.7. The zero-order valence-electron chi connectivity index (χ0n) is 11.4. The van der Waals surface area contributed by atoms with Crippen LogP contribution in [0.3, 0.4) is 0 Å². The van der Waals surface area contributed by atoms with Crippen LogP contribution in [-0.2, 0) is 0 Å². The molecule has 0 radical (unpaired) electrons. The fraction of sp³-hybridized carbons (Fsp3) is 0.400. The average Bonchev–Trinajstić information content (AvgIpc) is 2.90. The van der Waals surface area contributed by atoms with Crippen molar-refractivity contribution in [2.45, 2.75) is 25.9 Å². The Kier molecular flexibility index (Phi) is 3.06. The maximum Gasteiger partial charge on any atom is 0.264 e. The zero-order chi connectivity index (χ0) is 14.5. The lowest BCUT2D eigenvalue weighted by atomic mass is 10.1. The molecular formula is C15H16FNO2S. The second-order valence-corrected chi connectivity index (χ2v) is 6.70. The average molecular weight is 293 g/mol. The number of fused-ring (bicyclic) bond motifs is 1. The number of carbonyl (C=O) groups is 1. The van der Waals surface area contributed by atoms with Crippen molar-refractivity contribution in [2.24, 2.45) is 0 Å². The molecule has 5 heteroatoms. The van der Waals surface area contributed by atoms with E-state index < -0.39 is 5.60 Å². The van der Waals surface area contributed by atoms with Gasteiger partial charge in [-0.3, -0.25) is 4.79 Å². The molecule has 3 nitrogen and oxygen atoms in total. The number of aliphatic hydroxyl groups is 1. The predicted molar refractivity (Wildman–Crippen MR) is 77.7 cm³/mol. The molecule has 1 atom stereocenters. The van der Waals surface area contributed by atoms with Gasteiger partial charge in [-0.1, -0.05) is 6.07 Å². The largest absolute Gasteiger partial charge is 0.388 e. The van der Waals surface area contributed by atoms with Crippen molar-refractivity contribution >= 4 is 27.3 Å². The summed E-state index contributed by atoms with van der Waals surface area (Å²) in [6.07, 6.45) is 0.580. The molecule has 106 valence electrons. The topological polar surface area (TPSA) is 40.5 Å². The highest BCUT2D eigenvalue weighted by Gasteiger charge is 2.35. The molecule has 1 amide bonds. The summed E-state index contributed by atoms with van der Waals surface area (Å²) >= 11 is 1.32. The third-order valence-electron chi connectivity index (χ3n) is 3.84. The highest BCUT2D eigenvalue weighted by Crippen LogP contribution is 2.34. The van der Waals surface area contributed by atoms with Gasteiger partial charge < -0.3 is 10.0 Å². The summed E-state index contributed by atoms with van der Waals surface area (Å²) in [7, 11) is 0. The van der Waals surface area contributed by atoms with Crippen molar-refractivity contribution in [3.63, 3.8) is 0 Å². The standard InChI is InChI=1S/C15H16FNO2S/c1-9-12-10(16)4-3-5-11(12)20-13(9)14(18)17-7-6-15(2,19)8-17/h3-5,19H,6-8H2,1-2H3. The first-order valence-corrected chi connectivity index (χ1v) is 7.40. The predicted octanol–water partition coefficient (Wildman–Crippen LogP) is 2.95. The fourth-order valence-electron chi connectivity index (χ4n) is 2.72. The minimum absolute atomic E-state index is 0.110. The van der Waals surface area contributed by atoms with Gasteiger partial charge in [0.2, 0.25) is 0 Å². The van der Waals surface area contributed by atoms with Gasteiger partial charge in [-0.25, -0.2) is 4.39 Å². The lowest BCUT2D eigenvalue weighted by Crippen LogP contribution is -2.33. The van der Waals surface area contributed by atoms with Crippen LogP contribution in [0.1, 0.15) is 28.6 Å². The van der Waals surface area contributed by atoms with E-state index in [1.807, 2.05) is 6.07 Å². The number of β-amino-alcohol motifs (C(OH)–C–C–N with tert-alkyl or cyclic N) is 1. The Labute approximate surface area is 120 Å². The Morgan fingerprint density at radius 1 is 1.50 bits per heavy atom. The quantitative estimate of drug-likeness (QED) is 0.878. The number of hydrogen-bond donors (Lipinski definition) is 1. The van der Waals surface area contributed by atoms with Crippen LogP contribution >= 0.6 is 11.3 Å². The number of nitrogens with zero attached hydrogens (tertiary/aromatic N) is 1. The van der Waals surface area contributed by atoms with Crippen molar-refractivity contribution < 1.29 is 14.3 Å². The number of rotatable bonds is 1. The van der Waals surface area contributed by atoms with E-state index in [2.05, 4.69) is 0 Å². The van der Waals surface area contributed by atoms with Crippen LogP contribution in [0, 0.1) is 12.7 Å². The van der Waals surface area contributed by atoms with Gasteiger partial charge >= 0.3 is 0 Å². The lowest BCUT2D eigenvalue weighted by Gasteiger charge is -2.18. The second kappa shape index (κ2) is 4.53. The number of aryl methyl sites for hydroxylation is 1. The number of carbonyl (C=O) groups excluding carboxylic acids is 1. The molecule has 1 aliphatic rings. The number of thiophene rings is 1. The maximum atomic E-state index is 13.9. The van der Waals surface area contributed by atoms with Gasteiger partial charge in [0, 0.05) is 23.2 Å². The third kappa shape index (κ3) is 2.11. The zero-order valence-corrected chi connectivity index (χ0v) is 12.3. The van der Waals surface area contributed by atoms with Crippen LogP contribution in [0.25, 0.3) is 10.1 Å². The Morgan fingerprint density at radius 2 is 2.25 bits per heavy atom. The summed E-state index contributed by atoms with van der Waals surface area (Å²) in [5, 5.41) is 10.5. The molecule has 1 fully saturated rings. The molecule has 2 heterocycles. The van der Waals surface area contributed by atoms with E-state index in [1.54, 1.807) is 24.8 Å². The molecule has 1 saturated heterocycles. The van der Waals surface area contributed by atoms with Gasteiger partial charge in [-0.05, 0) is 38.0 Å². The van der Waals surface area contributed by atoms with Gasteiger partial charge in [0.1, 0.15) is 5.82 Å². The van der Waals surface area contributed by atoms with E-state index in [4.69, 9.17) is 0 Å². The van der Waals surface area contributed by atoms with Crippen LogP contribution in [0.5, 0.6) is 0 Å². The van der Waals surface area contributed by atoms with Gasteiger partial charge in [0.05, 0.1) is 10.5 Å². The minimum atomic E-state index is -0.814. The summed E-state index contributed by atoms with van der Waals surface area (Å²) in [6, 6.07) is 4.90. The Hall–Kier alpha value is -1.46. The SMILES string of the molecule is Cc1c(C(=O)N2CCC(C)(O)C2)sc2cccc(F)c12. The van der Waals surface area contributed by atoms with E-state index in [0.29, 0.717) is 35.3 Å². The molecule has 1 aliphatic heterocycles. The van der Waals surface area contributed by atoms with Crippen LogP contribution in [-0.4, -0.2) is 34.6 Å².